The van der Waals surface area contributed by atoms with Gasteiger partial charge >= 0.3 is 0 Å². The highest BCUT2D eigenvalue weighted by atomic mass is 35.5. The molecule has 112 valence electrons. The molecular formula is C14H15ClN2O3S. The van der Waals surface area contributed by atoms with Crippen LogP contribution >= 0.6 is 11.6 Å². The maximum Gasteiger partial charge on any atom is 0.241 e. The van der Waals surface area contributed by atoms with Crippen molar-refractivity contribution in [3.8, 4) is 5.75 Å². The SMILES string of the molecule is COc1cc(C)c(S(=O)(=O)NCc2cccnc2)cc1Cl. The Morgan fingerprint density at radius 1 is 1.38 bits per heavy atom. The van der Waals surface area contributed by atoms with Crippen LogP contribution in [0.4, 0.5) is 0 Å². The zero-order valence-corrected chi connectivity index (χ0v) is 13.2. The molecule has 2 aromatic rings. The molecule has 0 fully saturated rings. The van der Waals surface area contributed by atoms with Crippen molar-refractivity contribution in [2.45, 2.75) is 18.4 Å². The fourth-order valence-corrected chi connectivity index (χ4v) is 3.42. The highest BCUT2D eigenvalue weighted by Crippen LogP contribution is 2.30. The van der Waals surface area contributed by atoms with E-state index in [9.17, 15) is 8.42 Å². The van der Waals surface area contributed by atoms with E-state index in [1.165, 1.54) is 13.2 Å². The number of halogens is 1. The number of hydrogen-bond donors (Lipinski definition) is 1. The first-order valence-electron chi connectivity index (χ1n) is 6.17. The molecule has 0 saturated carbocycles. The van der Waals surface area contributed by atoms with Gasteiger partial charge in [-0.3, -0.25) is 4.98 Å². The maximum atomic E-state index is 12.3. The van der Waals surface area contributed by atoms with Crippen molar-refractivity contribution in [2.24, 2.45) is 0 Å². The van der Waals surface area contributed by atoms with Crippen LogP contribution in [0.5, 0.6) is 5.75 Å². The van der Waals surface area contributed by atoms with E-state index in [0.717, 1.165) is 5.56 Å². The highest BCUT2D eigenvalue weighted by molar-refractivity contribution is 7.89. The van der Waals surface area contributed by atoms with Crippen LogP contribution in [0.1, 0.15) is 11.1 Å². The highest BCUT2D eigenvalue weighted by Gasteiger charge is 2.19. The van der Waals surface area contributed by atoms with Crippen molar-refractivity contribution in [1.29, 1.82) is 0 Å². The molecule has 1 aromatic carbocycles. The number of aromatic nitrogens is 1. The third kappa shape index (κ3) is 3.72. The van der Waals surface area contributed by atoms with Crippen LogP contribution in [0, 0.1) is 6.92 Å². The number of pyridine rings is 1. The molecule has 0 bridgehead atoms. The lowest BCUT2D eigenvalue weighted by Gasteiger charge is -2.12. The Labute approximate surface area is 129 Å². The summed E-state index contributed by atoms with van der Waals surface area (Å²) >= 11 is 6.00. The molecule has 0 spiro atoms. The van der Waals surface area contributed by atoms with Gasteiger partial charge in [-0.1, -0.05) is 17.7 Å². The van der Waals surface area contributed by atoms with E-state index >= 15 is 0 Å². The molecule has 0 aliphatic rings. The van der Waals surface area contributed by atoms with Crippen LogP contribution in [0.2, 0.25) is 5.02 Å². The topological polar surface area (TPSA) is 68.3 Å². The van der Waals surface area contributed by atoms with E-state index in [4.69, 9.17) is 16.3 Å². The van der Waals surface area contributed by atoms with Gasteiger partial charge in [0.15, 0.2) is 0 Å². The minimum Gasteiger partial charge on any atom is -0.495 e. The Hall–Kier alpha value is -1.63. The van der Waals surface area contributed by atoms with Gasteiger partial charge in [0.05, 0.1) is 17.0 Å². The molecular weight excluding hydrogens is 312 g/mol. The predicted octanol–water partition coefficient (Wildman–Crippen LogP) is 2.53. The number of rotatable bonds is 5. The molecule has 0 saturated heterocycles. The number of hydrogen-bond acceptors (Lipinski definition) is 4. The molecule has 0 aliphatic carbocycles. The first-order valence-corrected chi connectivity index (χ1v) is 8.03. The largest absolute Gasteiger partial charge is 0.495 e. The molecule has 0 radical (unpaired) electrons. The van der Waals surface area contributed by atoms with Crippen LogP contribution in [0.3, 0.4) is 0 Å². The quantitative estimate of drug-likeness (QED) is 0.916. The molecule has 7 heteroatoms. The molecule has 0 aliphatic heterocycles. The van der Waals surface area contributed by atoms with Crippen LogP contribution in [-0.2, 0) is 16.6 Å². The predicted molar refractivity (Wildman–Crippen MR) is 81.0 cm³/mol. The Kier molecular flexibility index (Phi) is 4.82. The number of methoxy groups -OCH3 is 1. The standard InChI is InChI=1S/C14H15ClN2O3S/c1-10-6-13(20-2)12(15)7-14(10)21(18,19)17-9-11-4-3-5-16-8-11/h3-8,17H,9H2,1-2H3. The number of aryl methyl sites for hydroxylation is 1. The summed E-state index contributed by atoms with van der Waals surface area (Å²) in [6.45, 7) is 1.86. The minimum atomic E-state index is -3.65. The lowest BCUT2D eigenvalue weighted by Crippen LogP contribution is -2.24. The molecule has 0 unspecified atom stereocenters. The first-order chi connectivity index (χ1) is 9.94. The smallest absolute Gasteiger partial charge is 0.241 e. The van der Waals surface area contributed by atoms with Crippen molar-refractivity contribution in [1.82, 2.24) is 9.71 Å². The van der Waals surface area contributed by atoms with Gasteiger partial charge in [0, 0.05) is 18.9 Å². The van der Waals surface area contributed by atoms with Gasteiger partial charge in [0.1, 0.15) is 5.75 Å². The van der Waals surface area contributed by atoms with E-state index in [-0.39, 0.29) is 16.5 Å². The van der Waals surface area contributed by atoms with E-state index in [1.807, 2.05) is 0 Å². The zero-order valence-electron chi connectivity index (χ0n) is 11.6. The maximum absolute atomic E-state index is 12.3. The Bertz CT molecular complexity index is 733. The first kappa shape index (κ1) is 15.8. The number of ether oxygens (including phenoxy) is 1. The Morgan fingerprint density at radius 3 is 2.76 bits per heavy atom. The van der Waals surface area contributed by atoms with Gasteiger partial charge in [-0.25, -0.2) is 13.1 Å². The molecule has 1 aromatic heterocycles. The van der Waals surface area contributed by atoms with Crippen LogP contribution in [0.25, 0.3) is 0 Å². The summed E-state index contributed by atoms with van der Waals surface area (Å²) in [6.07, 6.45) is 3.24. The lowest BCUT2D eigenvalue weighted by atomic mass is 10.2. The molecule has 2 rings (SSSR count). The minimum absolute atomic E-state index is 0.136. The second kappa shape index (κ2) is 6.43. The fourth-order valence-electron chi connectivity index (χ4n) is 1.84. The number of nitrogens with one attached hydrogen (secondary N) is 1. The molecule has 1 heterocycles. The van der Waals surface area contributed by atoms with Gasteiger partial charge < -0.3 is 4.74 Å². The van der Waals surface area contributed by atoms with E-state index in [0.29, 0.717) is 11.3 Å². The van der Waals surface area contributed by atoms with Crippen molar-refractivity contribution in [3.05, 3.63) is 52.8 Å². The second-order valence-electron chi connectivity index (χ2n) is 4.44. The average Bonchev–Trinajstić information content (AvgIpc) is 2.48. The van der Waals surface area contributed by atoms with Crippen molar-refractivity contribution < 1.29 is 13.2 Å². The average molecular weight is 327 g/mol. The van der Waals surface area contributed by atoms with Crippen molar-refractivity contribution >= 4 is 21.6 Å². The Balaban J connectivity index is 2.26. The van der Waals surface area contributed by atoms with Crippen molar-refractivity contribution in [2.75, 3.05) is 7.11 Å². The summed E-state index contributed by atoms with van der Waals surface area (Å²) in [5.41, 5.74) is 1.34. The summed E-state index contributed by atoms with van der Waals surface area (Å²) in [6, 6.07) is 6.53. The Morgan fingerprint density at radius 2 is 2.14 bits per heavy atom. The van der Waals surface area contributed by atoms with Gasteiger partial charge in [-0.15, -0.1) is 0 Å². The number of sulfonamides is 1. The third-order valence-corrected chi connectivity index (χ3v) is 4.77. The van der Waals surface area contributed by atoms with Gasteiger partial charge in [0.25, 0.3) is 0 Å². The van der Waals surface area contributed by atoms with Crippen molar-refractivity contribution in [3.63, 3.8) is 0 Å². The molecule has 5 nitrogen and oxygen atoms in total. The molecule has 0 atom stereocenters. The molecule has 0 amide bonds. The van der Waals surface area contributed by atoms with E-state index in [2.05, 4.69) is 9.71 Å². The number of benzene rings is 1. The summed E-state index contributed by atoms with van der Waals surface area (Å²) in [4.78, 5) is 4.08. The summed E-state index contributed by atoms with van der Waals surface area (Å²) in [5.74, 6) is 0.445. The lowest BCUT2D eigenvalue weighted by molar-refractivity contribution is 0.414. The summed E-state index contributed by atoms with van der Waals surface area (Å²) < 4.78 is 32.3. The van der Waals surface area contributed by atoms with E-state index in [1.54, 1.807) is 37.5 Å². The van der Waals surface area contributed by atoms with Crippen LogP contribution in [0.15, 0.2) is 41.6 Å². The monoisotopic (exact) mass is 326 g/mol. The summed E-state index contributed by atoms with van der Waals surface area (Å²) in [5, 5.41) is 0.254. The normalized spacial score (nSPS) is 11.4. The second-order valence-corrected chi connectivity index (χ2v) is 6.58. The van der Waals surface area contributed by atoms with Gasteiger partial charge in [-0.2, -0.15) is 0 Å². The third-order valence-electron chi connectivity index (χ3n) is 2.93. The number of nitrogens with zero attached hydrogens (tertiary/aromatic N) is 1. The molecule has 21 heavy (non-hydrogen) atoms. The van der Waals surface area contributed by atoms with Crippen LogP contribution in [-0.4, -0.2) is 20.5 Å². The fraction of sp³-hybridized carbons (Fsp3) is 0.214. The summed E-state index contributed by atoms with van der Waals surface area (Å²) in [7, 11) is -2.17. The van der Waals surface area contributed by atoms with Crippen LogP contribution < -0.4 is 9.46 Å². The van der Waals surface area contributed by atoms with Gasteiger partial charge in [0.2, 0.25) is 10.0 Å². The molecule has 1 N–H and O–H groups in total. The van der Waals surface area contributed by atoms with E-state index < -0.39 is 10.0 Å². The zero-order chi connectivity index (χ0) is 15.5. The van der Waals surface area contributed by atoms with Gasteiger partial charge in [-0.05, 0) is 36.2 Å².